The number of fused-ring (bicyclic) bond motifs is 1. The van der Waals surface area contributed by atoms with Crippen molar-refractivity contribution in [3.8, 4) is 0 Å². The molecule has 0 aliphatic rings. The van der Waals surface area contributed by atoms with E-state index < -0.39 is 5.97 Å². The van der Waals surface area contributed by atoms with E-state index in [1.165, 1.54) is 0 Å². The van der Waals surface area contributed by atoms with Gasteiger partial charge in [0.25, 0.3) is 0 Å². The molecule has 0 aliphatic heterocycles. The van der Waals surface area contributed by atoms with Gasteiger partial charge in [0.05, 0.1) is 5.92 Å². The summed E-state index contributed by atoms with van der Waals surface area (Å²) in [7, 11) is 0. The lowest BCUT2D eigenvalue weighted by atomic mass is 9.97. The number of carbonyl (C=O) groups excluding carboxylic acids is 1. The summed E-state index contributed by atoms with van der Waals surface area (Å²) in [5.74, 6) is -0.785. The number of unbranched alkanes of at least 4 members (excludes halogenated alkanes) is 2. The fraction of sp³-hybridized carbons (Fsp3) is 0.400. The van der Waals surface area contributed by atoms with Crippen molar-refractivity contribution < 1.29 is 14.7 Å². The van der Waals surface area contributed by atoms with Crippen molar-refractivity contribution in [2.75, 3.05) is 0 Å². The Morgan fingerprint density at radius 3 is 2.43 bits per heavy atom. The fourth-order valence-corrected chi connectivity index (χ4v) is 2.86. The van der Waals surface area contributed by atoms with Gasteiger partial charge in [0.15, 0.2) is 5.78 Å². The van der Waals surface area contributed by atoms with Gasteiger partial charge in [-0.15, -0.1) is 0 Å². The molecule has 0 aromatic heterocycles. The molecular formula is C20H24O3. The smallest absolute Gasteiger partial charge is 0.306 e. The normalized spacial score (nSPS) is 12.2. The molecule has 122 valence electrons. The van der Waals surface area contributed by atoms with Crippen molar-refractivity contribution >= 4 is 22.5 Å². The molecule has 0 fully saturated rings. The van der Waals surface area contributed by atoms with Crippen LogP contribution in [0.2, 0.25) is 0 Å². The van der Waals surface area contributed by atoms with E-state index in [2.05, 4.69) is 0 Å². The summed E-state index contributed by atoms with van der Waals surface area (Å²) in [6, 6.07) is 13.9. The van der Waals surface area contributed by atoms with E-state index in [-0.39, 0.29) is 11.7 Å². The predicted octanol–water partition coefficient (Wildman–Crippen LogP) is 5.08. The first-order valence-electron chi connectivity index (χ1n) is 8.36. The van der Waals surface area contributed by atoms with Crippen LogP contribution in [-0.2, 0) is 4.79 Å². The van der Waals surface area contributed by atoms with Gasteiger partial charge in [0.2, 0.25) is 0 Å². The number of benzene rings is 2. The highest BCUT2D eigenvalue weighted by molar-refractivity contribution is 5.99. The van der Waals surface area contributed by atoms with Gasteiger partial charge < -0.3 is 5.11 Å². The van der Waals surface area contributed by atoms with Gasteiger partial charge in [-0.1, -0.05) is 56.2 Å². The Bertz CT molecular complexity index is 675. The number of carboxylic acids is 1. The maximum Gasteiger partial charge on any atom is 0.306 e. The number of hydrogen-bond acceptors (Lipinski definition) is 2. The first kappa shape index (κ1) is 17.2. The average molecular weight is 312 g/mol. The predicted molar refractivity (Wildman–Crippen MR) is 92.8 cm³/mol. The zero-order valence-corrected chi connectivity index (χ0v) is 13.6. The Morgan fingerprint density at radius 2 is 1.74 bits per heavy atom. The molecule has 0 heterocycles. The molecule has 2 aromatic rings. The molecule has 0 radical (unpaired) electrons. The Balaban J connectivity index is 1.79. The Kier molecular flexibility index (Phi) is 6.33. The highest BCUT2D eigenvalue weighted by Gasteiger charge is 2.14. The minimum Gasteiger partial charge on any atom is -0.481 e. The van der Waals surface area contributed by atoms with Crippen LogP contribution in [-0.4, -0.2) is 16.9 Å². The molecule has 2 aromatic carbocycles. The van der Waals surface area contributed by atoms with Crippen LogP contribution in [0.5, 0.6) is 0 Å². The van der Waals surface area contributed by atoms with Crippen molar-refractivity contribution in [3.05, 3.63) is 48.0 Å². The number of hydrogen-bond donors (Lipinski definition) is 1. The molecule has 1 atom stereocenters. The zero-order chi connectivity index (χ0) is 16.7. The highest BCUT2D eigenvalue weighted by Crippen LogP contribution is 2.18. The minimum absolute atomic E-state index is 0.168. The summed E-state index contributed by atoms with van der Waals surface area (Å²) in [6.45, 7) is 1.90. The van der Waals surface area contributed by atoms with Crippen LogP contribution in [0.25, 0.3) is 10.8 Å². The molecule has 3 heteroatoms. The number of Topliss-reactive ketones (excluding diaryl/α,β-unsaturated/α-hetero) is 1. The van der Waals surface area contributed by atoms with Gasteiger partial charge in [-0.2, -0.15) is 0 Å². The molecule has 0 bridgehead atoms. The van der Waals surface area contributed by atoms with Gasteiger partial charge in [-0.3, -0.25) is 9.59 Å². The van der Waals surface area contributed by atoms with E-state index in [0.29, 0.717) is 19.3 Å². The SMILES string of the molecule is CCC(CCCCCC(=O)c1ccc2ccccc2c1)C(=O)O. The lowest BCUT2D eigenvalue weighted by molar-refractivity contribution is -0.142. The third-order valence-electron chi connectivity index (χ3n) is 4.37. The van der Waals surface area contributed by atoms with E-state index >= 15 is 0 Å². The van der Waals surface area contributed by atoms with E-state index in [4.69, 9.17) is 5.11 Å². The quantitative estimate of drug-likeness (QED) is 0.518. The Morgan fingerprint density at radius 1 is 1.00 bits per heavy atom. The van der Waals surface area contributed by atoms with E-state index in [1.54, 1.807) is 0 Å². The van der Waals surface area contributed by atoms with E-state index in [0.717, 1.165) is 35.6 Å². The van der Waals surface area contributed by atoms with Crippen LogP contribution in [0.1, 0.15) is 55.8 Å². The van der Waals surface area contributed by atoms with Crippen LogP contribution in [0.15, 0.2) is 42.5 Å². The van der Waals surface area contributed by atoms with Crippen molar-refractivity contribution in [1.82, 2.24) is 0 Å². The lowest BCUT2D eigenvalue weighted by Gasteiger charge is -2.08. The molecule has 1 N–H and O–H groups in total. The zero-order valence-electron chi connectivity index (χ0n) is 13.6. The molecule has 0 amide bonds. The number of carboxylic acid groups (broad SMARTS) is 1. The van der Waals surface area contributed by atoms with Crippen molar-refractivity contribution in [2.45, 2.75) is 45.4 Å². The molecule has 3 nitrogen and oxygen atoms in total. The molecule has 23 heavy (non-hydrogen) atoms. The molecule has 1 unspecified atom stereocenters. The van der Waals surface area contributed by atoms with Crippen LogP contribution in [0, 0.1) is 5.92 Å². The van der Waals surface area contributed by atoms with Crippen molar-refractivity contribution in [2.24, 2.45) is 5.92 Å². The highest BCUT2D eigenvalue weighted by atomic mass is 16.4. The molecular weight excluding hydrogens is 288 g/mol. The van der Waals surface area contributed by atoms with Gasteiger partial charge >= 0.3 is 5.97 Å². The van der Waals surface area contributed by atoms with Crippen molar-refractivity contribution in [1.29, 1.82) is 0 Å². The maximum absolute atomic E-state index is 12.3. The van der Waals surface area contributed by atoms with E-state index in [1.807, 2.05) is 49.4 Å². The van der Waals surface area contributed by atoms with E-state index in [9.17, 15) is 9.59 Å². The van der Waals surface area contributed by atoms with Gasteiger partial charge in [-0.05, 0) is 36.1 Å². The standard InChI is InChI=1S/C20H24O3/c1-2-15(20(22)23)8-4-3-5-11-19(21)18-13-12-16-9-6-7-10-17(16)14-18/h6-7,9-10,12-15H,2-5,8,11H2,1H3,(H,22,23). The van der Waals surface area contributed by atoms with Crippen LogP contribution >= 0.6 is 0 Å². The average Bonchev–Trinajstić information content (AvgIpc) is 2.57. The summed E-state index contributed by atoms with van der Waals surface area (Å²) in [5, 5.41) is 11.2. The largest absolute Gasteiger partial charge is 0.481 e. The molecule has 0 saturated heterocycles. The summed E-state index contributed by atoms with van der Waals surface area (Å²) >= 11 is 0. The molecule has 2 rings (SSSR count). The lowest BCUT2D eigenvalue weighted by Crippen LogP contribution is -2.12. The van der Waals surface area contributed by atoms with Crippen LogP contribution in [0.4, 0.5) is 0 Å². The van der Waals surface area contributed by atoms with Gasteiger partial charge in [0.1, 0.15) is 0 Å². The van der Waals surface area contributed by atoms with Crippen molar-refractivity contribution in [3.63, 3.8) is 0 Å². The first-order chi connectivity index (χ1) is 11.1. The third kappa shape index (κ3) is 4.92. The Labute approximate surface area is 137 Å². The topological polar surface area (TPSA) is 54.4 Å². The summed E-state index contributed by atoms with van der Waals surface area (Å²) in [5.41, 5.74) is 0.765. The minimum atomic E-state index is -0.709. The van der Waals surface area contributed by atoms with Gasteiger partial charge in [-0.25, -0.2) is 0 Å². The summed E-state index contributed by atoms with van der Waals surface area (Å²) < 4.78 is 0. The second-order valence-electron chi connectivity index (χ2n) is 6.03. The Hall–Kier alpha value is -2.16. The third-order valence-corrected chi connectivity index (χ3v) is 4.37. The maximum atomic E-state index is 12.3. The number of rotatable bonds is 9. The summed E-state index contributed by atoms with van der Waals surface area (Å²) in [6.07, 6.45) is 4.50. The first-order valence-corrected chi connectivity index (χ1v) is 8.36. The number of ketones is 1. The number of aliphatic carboxylic acids is 1. The second kappa shape index (κ2) is 8.47. The monoisotopic (exact) mass is 312 g/mol. The molecule has 0 spiro atoms. The molecule has 0 saturated carbocycles. The van der Waals surface area contributed by atoms with Crippen LogP contribution < -0.4 is 0 Å². The summed E-state index contributed by atoms with van der Waals surface area (Å²) in [4.78, 5) is 23.2. The fourth-order valence-electron chi connectivity index (χ4n) is 2.86. The molecule has 0 aliphatic carbocycles. The number of carbonyl (C=O) groups is 2. The van der Waals surface area contributed by atoms with Crippen LogP contribution in [0.3, 0.4) is 0 Å². The van der Waals surface area contributed by atoms with Gasteiger partial charge in [0, 0.05) is 12.0 Å². The second-order valence-corrected chi connectivity index (χ2v) is 6.03.